The Morgan fingerprint density at radius 3 is 2.33 bits per heavy atom. The molecule has 0 bridgehead atoms. The SMILES string of the molecule is CCNCC(=O)NC(C(=O)O)C(C)CC. The third-order valence-electron chi connectivity index (χ3n) is 2.33. The summed E-state index contributed by atoms with van der Waals surface area (Å²) in [5.74, 6) is -1.31. The molecule has 2 unspecified atom stereocenters. The van der Waals surface area contributed by atoms with E-state index in [1.165, 1.54) is 0 Å². The zero-order chi connectivity index (χ0) is 11.8. The highest BCUT2D eigenvalue weighted by Crippen LogP contribution is 2.07. The van der Waals surface area contributed by atoms with Crippen LogP contribution in [0.4, 0.5) is 0 Å². The van der Waals surface area contributed by atoms with Crippen LogP contribution in [0.1, 0.15) is 27.2 Å². The Labute approximate surface area is 90.2 Å². The molecule has 1 amide bonds. The minimum atomic E-state index is -0.978. The van der Waals surface area contributed by atoms with Gasteiger partial charge in [0.25, 0.3) is 0 Å². The van der Waals surface area contributed by atoms with E-state index in [1.54, 1.807) is 0 Å². The molecule has 0 aliphatic rings. The van der Waals surface area contributed by atoms with Crippen molar-refractivity contribution in [1.82, 2.24) is 10.6 Å². The smallest absolute Gasteiger partial charge is 0.326 e. The lowest BCUT2D eigenvalue weighted by Gasteiger charge is -2.20. The standard InChI is InChI=1S/C10H20N2O3/c1-4-7(3)9(10(14)15)12-8(13)6-11-5-2/h7,9,11H,4-6H2,1-3H3,(H,12,13)(H,14,15). The summed E-state index contributed by atoms with van der Waals surface area (Å²) in [6.45, 7) is 6.45. The van der Waals surface area contributed by atoms with Gasteiger partial charge in [0.1, 0.15) is 6.04 Å². The van der Waals surface area contributed by atoms with Crippen LogP contribution in [0.5, 0.6) is 0 Å². The average Bonchev–Trinajstić information content (AvgIpc) is 2.21. The van der Waals surface area contributed by atoms with Gasteiger partial charge in [-0.25, -0.2) is 4.79 Å². The largest absolute Gasteiger partial charge is 0.480 e. The molecule has 0 rings (SSSR count). The van der Waals surface area contributed by atoms with E-state index >= 15 is 0 Å². The number of hydrogen-bond acceptors (Lipinski definition) is 3. The normalized spacial score (nSPS) is 14.3. The Morgan fingerprint density at radius 1 is 1.33 bits per heavy atom. The quantitative estimate of drug-likeness (QED) is 0.568. The maximum atomic E-state index is 11.3. The topological polar surface area (TPSA) is 78.4 Å². The minimum Gasteiger partial charge on any atom is -0.480 e. The van der Waals surface area contributed by atoms with Gasteiger partial charge < -0.3 is 15.7 Å². The third kappa shape index (κ3) is 5.37. The first-order valence-electron chi connectivity index (χ1n) is 5.25. The molecule has 5 heteroatoms. The van der Waals surface area contributed by atoms with E-state index in [2.05, 4.69) is 10.6 Å². The zero-order valence-electron chi connectivity index (χ0n) is 9.54. The van der Waals surface area contributed by atoms with E-state index in [4.69, 9.17) is 5.11 Å². The second-order valence-corrected chi connectivity index (χ2v) is 3.55. The number of carboxylic acids is 1. The highest BCUT2D eigenvalue weighted by atomic mass is 16.4. The summed E-state index contributed by atoms with van der Waals surface area (Å²) in [6.07, 6.45) is 0.721. The number of carbonyl (C=O) groups excluding carboxylic acids is 1. The van der Waals surface area contributed by atoms with Crippen molar-refractivity contribution in [2.75, 3.05) is 13.1 Å². The van der Waals surface area contributed by atoms with Crippen LogP contribution in [0, 0.1) is 5.92 Å². The fourth-order valence-electron chi connectivity index (χ4n) is 1.15. The monoisotopic (exact) mass is 216 g/mol. The first-order chi connectivity index (χ1) is 7.02. The van der Waals surface area contributed by atoms with Crippen LogP contribution in [-0.2, 0) is 9.59 Å². The van der Waals surface area contributed by atoms with Gasteiger partial charge in [-0.3, -0.25) is 4.79 Å². The summed E-state index contributed by atoms with van der Waals surface area (Å²) in [5, 5.41) is 14.3. The van der Waals surface area contributed by atoms with Crippen LogP contribution in [0.2, 0.25) is 0 Å². The van der Waals surface area contributed by atoms with Crippen molar-refractivity contribution in [3.8, 4) is 0 Å². The fourth-order valence-corrected chi connectivity index (χ4v) is 1.15. The Balaban J connectivity index is 4.16. The summed E-state index contributed by atoms with van der Waals surface area (Å²) in [6, 6.07) is -0.791. The molecule has 0 aliphatic carbocycles. The summed E-state index contributed by atoms with van der Waals surface area (Å²) >= 11 is 0. The van der Waals surface area contributed by atoms with Crippen LogP contribution in [0.3, 0.4) is 0 Å². The van der Waals surface area contributed by atoms with Crippen molar-refractivity contribution in [3.05, 3.63) is 0 Å². The molecule has 0 aromatic carbocycles. The lowest BCUT2D eigenvalue weighted by atomic mass is 9.99. The van der Waals surface area contributed by atoms with E-state index in [0.717, 1.165) is 6.42 Å². The number of nitrogens with one attached hydrogen (secondary N) is 2. The first kappa shape index (κ1) is 13.9. The van der Waals surface area contributed by atoms with Gasteiger partial charge in [0.2, 0.25) is 5.91 Å². The number of carbonyl (C=O) groups is 2. The van der Waals surface area contributed by atoms with E-state index in [-0.39, 0.29) is 18.4 Å². The van der Waals surface area contributed by atoms with Crippen LogP contribution < -0.4 is 10.6 Å². The number of aliphatic carboxylic acids is 1. The van der Waals surface area contributed by atoms with E-state index in [1.807, 2.05) is 20.8 Å². The number of carboxylic acid groups (broad SMARTS) is 1. The molecule has 0 radical (unpaired) electrons. The first-order valence-corrected chi connectivity index (χ1v) is 5.25. The lowest BCUT2D eigenvalue weighted by Crippen LogP contribution is -2.47. The van der Waals surface area contributed by atoms with Crippen molar-refractivity contribution in [3.63, 3.8) is 0 Å². The van der Waals surface area contributed by atoms with E-state index in [0.29, 0.717) is 6.54 Å². The molecule has 3 N–H and O–H groups in total. The zero-order valence-corrected chi connectivity index (χ0v) is 9.54. The van der Waals surface area contributed by atoms with Crippen LogP contribution >= 0.6 is 0 Å². The molecule has 0 spiro atoms. The molecule has 5 nitrogen and oxygen atoms in total. The molecule has 0 aromatic rings. The number of hydrogen-bond donors (Lipinski definition) is 3. The molecule has 2 atom stereocenters. The van der Waals surface area contributed by atoms with E-state index in [9.17, 15) is 9.59 Å². The van der Waals surface area contributed by atoms with Crippen LogP contribution in [0.25, 0.3) is 0 Å². The molecule has 0 aliphatic heterocycles. The van der Waals surface area contributed by atoms with Crippen molar-refractivity contribution < 1.29 is 14.7 Å². The predicted molar refractivity (Wildman–Crippen MR) is 57.6 cm³/mol. The van der Waals surface area contributed by atoms with Gasteiger partial charge in [-0.1, -0.05) is 27.2 Å². The maximum Gasteiger partial charge on any atom is 0.326 e. The second kappa shape index (κ2) is 7.23. The predicted octanol–water partition coefficient (Wildman–Crippen LogP) is 0.211. The average molecular weight is 216 g/mol. The maximum absolute atomic E-state index is 11.3. The number of likely N-dealkylation sites (N-methyl/N-ethyl adjacent to an activating group) is 1. The highest BCUT2D eigenvalue weighted by Gasteiger charge is 2.24. The van der Waals surface area contributed by atoms with Gasteiger partial charge >= 0.3 is 5.97 Å². The van der Waals surface area contributed by atoms with Crippen LogP contribution in [-0.4, -0.2) is 36.1 Å². The Bertz CT molecular complexity index is 219. The summed E-state index contributed by atoms with van der Waals surface area (Å²) in [7, 11) is 0. The van der Waals surface area contributed by atoms with Gasteiger partial charge in [0.05, 0.1) is 6.54 Å². The van der Waals surface area contributed by atoms with Gasteiger partial charge in [0.15, 0.2) is 0 Å². The fraction of sp³-hybridized carbons (Fsp3) is 0.800. The Morgan fingerprint density at radius 2 is 1.93 bits per heavy atom. The molecule has 0 aromatic heterocycles. The van der Waals surface area contributed by atoms with Gasteiger partial charge in [-0.15, -0.1) is 0 Å². The van der Waals surface area contributed by atoms with Crippen molar-refractivity contribution >= 4 is 11.9 Å². The highest BCUT2D eigenvalue weighted by molar-refractivity contribution is 5.84. The summed E-state index contributed by atoms with van der Waals surface area (Å²) in [5.41, 5.74) is 0. The lowest BCUT2D eigenvalue weighted by molar-refractivity contribution is -0.143. The van der Waals surface area contributed by atoms with Crippen LogP contribution in [0.15, 0.2) is 0 Å². The summed E-state index contributed by atoms with van der Waals surface area (Å²) < 4.78 is 0. The van der Waals surface area contributed by atoms with Gasteiger partial charge in [-0.2, -0.15) is 0 Å². The Kier molecular flexibility index (Phi) is 6.70. The van der Waals surface area contributed by atoms with Crippen molar-refractivity contribution in [2.24, 2.45) is 5.92 Å². The summed E-state index contributed by atoms with van der Waals surface area (Å²) in [4.78, 5) is 22.2. The van der Waals surface area contributed by atoms with Gasteiger partial charge in [-0.05, 0) is 12.5 Å². The molecule has 88 valence electrons. The number of rotatable bonds is 7. The van der Waals surface area contributed by atoms with Crippen molar-refractivity contribution in [1.29, 1.82) is 0 Å². The molecular weight excluding hydrogens is 196 g/mol. The third-order valence-corrected chi connectivity index (χ3v) is 2.33. The minimum absolute atomic E-state index is 0.0620. The molecular formula is C10H20N2O3. The second-order valence-electron chi connectivity index (χ2n) is 3.55. The Hall–Kier alpha value is -1.10. The van der Waals surface area contributed by atoms with E-state index < -0.39 is 12.0 Å². The molecule has 0 saturated carbocycles. The van der Waals surface area contributed by atoms with Crippen molar-refractivity contribution in [2.45, 2.75) is 33.2 Å². The van der Waals surface area contributed by atoms with Gasteiger partial charge in [0, 0.05) is 0 Å². The number of amides is 1. The molecule has 0 saturated heterocycles. The molecule has 0 heterocycles. The molecule has 0 fully saturated rings. The molecule has 15 heavy (non-hydrogen) atoms.